The molecule has 0 aliphatic heterocycles. The standard InChI is InChI=1S/C19H20ClFN2O3S/c1-9-14(15(24)17(25)23-19(3,4)5)10(2)27-16(9)18(26)22-11-6-7-13(21)12(20)8-11/h6-8H,1-5H3,(H,22,26)(H,23,25). The Balaban J connectivity index is 2.28. The zero-order valence-corrected chi connectivity index (χ0v) is 17.2. The molecule has 1 heterocycles. The Labute approximate surface area is 165 Å². The molecule has 0 unspecified atom stereocenters. The van der Waals surface area contributed by atoms with Gasteiger partial charge < -0.3 is 10.6 Å². The van der Waals surface area contributed by atoms with E-state index in [9.17, 15) is 18.8 Å². The lowest BCUT2D eigenvalue weighted by atomic mass is 10.0. The van der Waals surface area contributed by atoms with E-state index >= 15 is 0 Å². The van der Waals surface area contributed by atoms with Crippen molar-refractivity contribution < 1.29 is 18.8 Å². The first-order valence-corrected chi connectivity index (χ1v) is 9.33. The molecule has 5 nitrogen and oxygen atoms in total. The third-order valence-corrected chi connectivity index (χ3v) is 5.12. The van der Waals surface area contributed by atoms with E-state index < -0.39 is 29.0 Å². The number of anilines is 1. The summed E-state index contributed by atoms with van der Waals surface area (Å²) >= 11 is 6.84. The van der Waals surface area contributed by atoms with Gasteiger partial charge in [0.25, 0.3) is 17.6 Å². The van der Waals surface area contributed by atoms with Crippen LogP contribution in [0.4, 0.5) is 10.1 Å². The van der Waals surface area contributed by atoms with Gasteiger partial charge >= 0.3 is 0 Å². The predicted octanol–water partition coefficient (Wildman–Crippen LogP) is 4.51. The van der Waals surface area contributed by atoms with Crippen LogP contribution >= 0.6 is 22.9 Å². The molecule has 0 fully saturated rings. The fourth-order valence-corrected chi connectivity index (χ4v) is 3.71. The summed E-state index contributed by atoms with van der Waals surface area (Å²) in [5.74, 6) is -2.45. The van der Waals surface area contributed by atoms with Gasteiger partial charge in [0.2, 0.25) is 0 Å². The number of aryl methyl sites for hydroxylation is 1. The average Bonchev–Trinajstić information content (AvgIpc) is 2.83. The number of thiophene rings is 1. The van der Waals surface area contributed by atoms with Gasteiger partial charge in [-0.15, -0.1) is 11.3 Å². The maximum Gasteiger partial charge on any atom is 0.292 e. The number of hydrogen-bond donors (Lipinski definition) is 2. The second kappa shape index (κ2) is 7.78. The highest BCUT2D eigenvalue weighted by atomic mass is 35.5. The molecule has 2 rings (SSSR count). The van der Waals surface area contributed by atoms with Crippen LogP contribution in [0.3, 0.4) is 0 Å². The van der Waals surface area contributed by atoms with Crippen molar-refractivity contribution in [3.8, 4) is 0 Å². The fraction of sp³-hybridized carbons (Fsp3) is 0.316. The van der Waals surface area contributed by atoms with Crippen molar-refractivity contribution in [2.75, 3.05) is 5.32 Å². The van der Waals surface area contributed by atoms with Gasteiger partial charge in [0.15, 0.2) is 0 Å². The van der Waals surface area contributed by atoms with Crippen molar-refractivity contribution in [1.29, 1.82) is 0 Å². The molecule has 144 valence electrons. The lowest BCUT2D eigenvalue weighted by molar-refractivity contribution is -0.118. The molecule has 27 heavy (non-hydrogen) atoms. The van der Waals surface area contributed by atoms with E-state index in [0.717, 1.165) is 17.4 Å². The number of amides is 2. The third-order valence-electron chi connectivity index (χ3n) is 3.63. The van der Waals surface area contributed by atoms with Gasteiger partial charge in [0, 0.05) is 21.7 Å². The van der Waals surface area contributed by atoms with E-state index in [0.29, 0.717) is 21.0 Å². The zero-order chi connectivity index (χ0) is 20.5. The maximum atomic E-state index is 13.2. The number of carbonyl (C=O) groups excluding carboxylic acids is 3. The maximum absolute atomic E-state index is 13.2. The van der Waals surface area contributed by atoms with Crippen LogP contribution in [0, 0.1) is 19.7 Å². The molecule has 2 amide bonds. The van der Waals surface area contributed by atoms with Crippen LogP contribution in [0.15, 0.2) is 18.2 Å². The molecular weight excluding hydrogens is 391 g/mol. The van der Waals surface area contributed by atoms with E-state index in [2.05, 4.69) is 10.6 Å². The Hall–Kier alpha value is -2.25. The first-order chi connectivity index (χ1) is 12.4. The topological polar surface area (TPSA) is 75.3 Å². The number of nitrogens with one attached hydrogen (secondary N) is 2. The smallest absolute Gasteiger partial charge is 0.292 e. The van der Waals surface area contributed by atoms with E-state index in [1.807, 2.05) is 0 Å². The summed E-state index contributed by atoms with van der Waals surface area (Å²) in [7, 11) is 0. The highest BCUT2D eigenvalue weighted by Crippen LogP contribution is 2.29. The SMILES string of the molecule is Cc1sc(C(=O)Nc2ccc(F)c(Cl)c2)c(C)c1C(=O)C(=O)NC(C)(C)C. The normalized spacial score (nSPS) is 11.2. The predicted molar refractivity (Wildman–Crippen MR) is 105 cm³/mol. The van der Waals surface area contributed by atoms with Gasteiger partial charge in [0.1, 0.15) is 5.82 Å². The summed E-state index contributed by atoms with van der Waals surface area (Å²) < 4.78 is 13.2. The quantitative estimate of drug-likeness (QED) is 0.575. The number of rotatable bonds is 4. The van der Waals surface area contributed by atoms with Gasteiger partial charge in [0.05, 0.1) is 9.90 Å². The lowest BCUT2D eigenvalue weighted by Crippen LogP contribution is -2.44. The summed E-state index contributed by atoms with van der Waals surface area (Å²) in [6.07, 6.45) is 0. The molecule has 0 aliphatic carbocycles. The minimum Gasteiger partial charge on any atom is -0.345 e. The highest BCUT2D eigenvalue weighted by molar-refractivity contribution is 7.14. The van der Waals surface area contributed by atoms with Gasteiger partial charge in [-0.25, -0.2) is 4.39 Å². The lowest BCUT2D eigenvalue weighted by Gasteiger charge is -2.19. The number of Topliss-reactive ketones (excluding diaryl/α,β-unsaturated/α-hetero) is 1. The summed E-state index contributed by atoms with van der Waals surface area (Å²) in [6.45, 7) is 8.63. The molecule has 0 atom stereocenters. The summed E-state index contributed by atoms with van der Waals surface area (Å²) in [5.41, 5.74) is 0.434. The Morgan fingerprint density at radius 3 is 2.33 bits per heavy atom. The summed E-state index contributed by atoms with van der Waals surface area (Å²) in [6, 6.07) is 3.83. The fourth-order valence-electron chi connectivity index (χ4n) is 2.48. The Kier molecular flexibility index (Phi) is 6.07. The monoisotopic (exact) mass is 410 g/mol. The number of benzene rings is 1. The van der Waals surface area contributed by atoms with Crippen LogP contribution in [0.5, 0.6) is 0 Å². The highest BCUT2D eigenvalue weighted by Gasteiger charge is 2.28. The molecule has 2 N–H and O–H groups in total. The largest absolute Gasteiger partial charge is 0.345 e. The summed E-state index contributed by atoms with van der Waals surface area (Å²) in [4.78, 5) is 38.2. The van der Waals surface area contributed by atoms with Crippen molar-refractivity contribution in [1.82, 2.24) is 5.32 Å². The number of hydrogen-bond acceptors (Lipinski definition) is 4. The molecule has 0 saturated heterocycles. The average molecular weight is 411 g/mol. The van der Waals surface area contributed by atoms with Crippen LogP contribution < -0.4 is 10.6 Å². The van der Waals surface area contributed by atoms with Gasteiger partial charge in [-0.2, -0.15) is 0 Å². The molecule has 0 aliphatic rings. The Morgan fingerprint density at radius 2 is 1.78 bits per heavy atom. The second-order valence-corrected chi connectivity index (χ2v) is 8.74. The first-order valence-electron chi connectivity index (χ1n) is 8.14. The number of ketones is 1. The van der Waals surface area contributed by atoms with Crippen LogP contribution in [-0.2, 0) is 4.79 Å². The molecule has 2 aromatic rings. The molecule has 1 aromatic heterocycles. The van der Waals surface area contributed by atoms with Crippen molar-refractivity contribution in [2.45, 2.75) is 40.2 Å². The summed E-state index contributed by atoms with van der Waals surface area (Å²) in [5, 5.41) is 5.14. The number of carbonyl (C=O) groups is 3. The molecule has 0 radical (unpaired) electrons. The molecule has 1 aromatic carbocycles. The molecule has 0 saturated carbocycles. The molecule has 0 bridgehead atoms. The van der Waals surface area contributed by atoms with E-state index in [4.69, 9.17) is 11.6 Å². The minimum atomic E-state index is -0.719. The Bertz CT molecular complexity index is 932. The van der Waals surface area contributed by atoms with Crippen LogP contribution in [0.25, 0.3) is 0 Å². The van der Waals surface area contributed by atoms with Crippen molar-refractivity contribution >= 4 is 46.2 Å². The molecule has 8 heteroatoms. The van der Waals surface area contributed by atoms with Crippen molar-refractivity contribution in [3.63, 3.8) is 0 Å². The van der Waals surface area contributed by atoms with Crippen LogP contribution in [-0.4, -0.2) is 23.1 Å². The van der Waals surface area contributed by atoms with Crippen molar-refractivity contribution in [3.05, 3.63) is 49.9 Å². The van der Waals surface area contributed by atoms with Gasteiger partial charge in [-0.05, 0) is 58.4 Å². The first kappa shape index (κ1) is 21.1. The Morgan fingerprint density at radius 1 is 1.15 bits per heavy atom. The van der Waals surface area contributed by atoms with Gasteiger partial charge in [-0.1, -0.05) is 11.6 Å². The molecular formula is C19H20ClFN2O3S. The van der Waals surface area contributed by atoms with E-state index in [-0.39, 0.29) is 10.6 Å². The van der Waals surface area contributed by atoms with Crippen LogP contribution in [0.2, 0.25) is 5.02 Å². The number of halogens is 2. The van der Waals surface area contributed by atoms with E-state index in [1.54, 1.807) is 34.6 Å². The van der Waals surface area contributed by atoms with E-state index in [1.165, 1.54) is 12.1 Å². The minimum absolute atomic E-state index is 0.110. The van der Waals surface area contributed by atoms with Gasteiger partial charge in [-0.3, -0.25) is 14.4 Å². The second-order valence-electron chi connectivity index (χ2n) is 7.10. The molecule has 0 spiro atoms. The third kappa shape index (κ3) is 4.93. The van der Waals surface area contributed by atoms with Crippen molar-refractivity contribution in [2.24, 2.45) is 0 Å². The zero-order valence-electron chi connectivity index (χ0n) is 15.6. The van der Waals surface area contributed by atoms with Crippen LogP contribution in [0.1, 0.15) is 51.2 Å².